The van der Waals surface area contributed by atoms with Crippen LogP contribution in [0.3, 0.4) is 0 Å². The van der Waals surface area contributed by atoms with Gasteiger partial charge in [-0.2, -0.15) is 0 Å². The summed E-state index contributed by atoms with van der Waals surface area (Å²) in [4.78, 5) is 22.8. The van der Waals surface area contributed by atoms with Crippen LogP contribution in [0.2, 0.25) is 0 Å². The summed E-state index contributed by atoms with van der Waals surface area (Å²) in [5.74, 6) is 3.76. The number of ether oxygens (including phenoxy) is 1. The molecule has 0 aromatic rings. The number of esters is 2. The highest BCUT2D eigenvalue weighted by molar-refractivity contribution is 6.04. The van der Waals surface area contributed by atoms with E-state index in [0.29, 0.717) is 0 Å². The van der Waals surface area contributed by atoms with Crippen LogP contribution in [0.15, 0.2) is 24.3 Å². The molecule has 0 bridgehead atoms. The molecule has 0 spiro atoms. The number of cyclic esters (lactones) is 2. The van der Waals surface area contributed by atoms with Gasteiger partial charge in [0.15, 0.2) is 5.41 Å². The first-order chi connectivity index (χ1) is 6.70. The van der Waals surface area contributed by atoms with Crippen LogP contribution in [0.25, 0.3) is 0 Å². The fourth-order valence-electron chi connectivity index (χ4n) is 1.71. The maximum atomic E-state index is 11.5. The van der Waals surface area contributed by atoms with E-state index in [4.69, 9.17) is 0 Å². The molecule has 0 aromatic carbocycles. The summed E-state index contributed by atoms with van der Waals surface area (Å²) in [5.41, 5.74) is -1.07. The van der Waals surface area contributed by atoms with E-state index in [1.54, 1.807) is 31.2 Å². The molecule has 14 heavy (non-hydrogen) atoms. The van der Waals surface area contributed by atoms with E-state index in [9.17, 15) is 9.59 Å². The molecule has 1 fully saturated rings. The Labute approximate surface area is 81.4 Å². The van der Waals surface area contributed by atoms with E-state index < -0.39 is 23.3 Å². The van der Waals surface area contributed by atoms with Gasteiger partial charge in [-0.15, -0.1) is 5.92 Å². The third kappa shape index (κ3) is 0.942. The Hall–Kier alpha value is -1.82. The number of hydrogen-bond donors (Lipinski definition) is 0. The van der Waals surface area contributed by atoms with E-state index >= 15 is 0 Å². The van der Waals surface area contributed by atoms with Crippen LogP contribution >= 0.6 is 0 Å². The highest BCUT2D eigenvalue weighted by Crippen LogP contribution is 2.40. The average Bonchev–Trinajstić information content (AvgIpc) is 2.41. The standard InChI is InChI=1S/C11H8O3/c1-2-6-11-7-4-3-5-8(11)9(12)14-10(11)13/h3-5,7-8H,1H3. The number of carbonyl (C=O) groups is 2. The van der Waals surface area contributed by atoms with Gasteiger partial charge in [0.05, 0.1) is 0 Å². The zero-order valence-corrected chi connectivity index (χ0v) is 7.61. The quantitative estimate of drug-likeness (QED) is 0.321. The largest absolute Gasteiger partial charge is 0.391 e. The highest BCUT2D eigenvalue weighted by atomic mass is 16.6. The SMILES string of the molecule is CC#CC12C=CC=CC1C(=O)OC2=O. The van der Waals surface area contributed by atoms with Crippen LogP contribution in [0.4, 0.5) is 0 Å². The first-order valence-corrected chi connectivity index (χ1v) is 4.27. The second-order valence-electron chi connectivity index (χ2n) is 3.17. The van der Waals surface area contributed by atoms with Crippen molar-refractivity contribution in [1.29, 1.82) is 0 Å². The van der Waals surface area contributed by atoms with E-state index in [2.05, 4.69) is 16.6 Å². The lowest BCUT2D eigenvalue weighted by Crippen LogP contribution is -2.30. The third-order valence-corrected chi connectivity index (χ3v) is 2.38. The molecule has 70 valence electrons. The lowest BCUT2D eigenvalue weighted by molar-refractivity contribution is -0.153. The lowest BCUT2D eigenvalue weighted by atomic mass is 9.75. The van der Waals surface area contributed by atoms with Crippen molar-refractivity contribution < 1.29 is 14.3 Å². The molecule has 1 aliphatic carbocycles. The van der Waals surface area contributed by atoms with Gasteiger partial charge in [-0.3, -0.25) is 4.79 Å². The van der Waals surface area contributed by atoms with Crippen LogP contribution in [0.5, 0.6) is 0 Å². The Balaban J connectivity index is 2.56. The van der Waals surface area contributed by atoms with Crippen molar-refractivity contribution in [2.24, 2.45) is 11.3 Å². The van der Waals surface area contributed by atoms with Crippen molar-refractivity contribution >= 4 is 11.9 Å². The fraction of sp³-hybridized carbons (Fsp3) is 0.273. The first-order valence-electron chi connectivity index (χ1n) is 4.27. The molecule has 0 amide bonds. The van der Waals surface area contributed by atoms with Crippen LogP contribution in [-0.2, 0) is 14.3 Å². The molecule has 2 rings (SSSR count). The van der Waals surface area contributed by atoms with E-state index in [1.165, 1.54) is 0 Å². The summed E-state index contributed by atoms with van der Waals surface area (Å²) < 4.78 is 4.58. The Morgan fingerprint density at radius 2 is 2.21 bits per heavy atom. The molecule has 3 nitrogen and oxygen atoms in total. The zero-order valence-electron chi connectivity index (χ0n) is 7.61. The molecule has 0 N–H and O–H groups in total. The smallest absolute Gasteiger partial charge is 0.337 e. The van der Waals surface area contributed by atoms with Crippen molar-refractivity contribution in [3.8, 4) is 11.8 Å². The Morgan fingerprint density at radius 3 is 2.93 bits per heavy atom. The number of rotatable bonds is 0. The van der Waals surface area contributed by atoms with Gasteiger partial charge in [-0.1, -0.05) is 30.2 Å². The minimum absolute atomic E-state index is 0.515. The number of allylic oxidation sites excluding steroid dienone is 2. The Morgan fingerprint density at radius 1 is 1.43 bits per heavy atom. The molecular formula is C11H8O3. The van der Waals surface area contributed by atoms with Gasteiger partial charge in [-0.05, 0) is 6.92 Å². The predicted octanol–water partition coefficient (Wildman–Crippen LogP) is 0.822. The van der Waals surface area contributed by atoms with E-state index in [1.807, 2.05) is 0 Å². The van der Waals surface area contributed by atoms with Gasteiger partial charge in [-0.25, -0.2) is 4.79 Å². The van der Waals surface area contributed by atoms with E-state index in [0.717, 1.165) is 0 Å². The van der Waals surface area contributed by atoms with Crippen molar-refractivity contribution in [1.82, 2.24) is 0 Å². The third-order valence-electron chi connectivity index (χ3n) is 2.38. The van der Waals surface area contributed by atoms with Gasteiger partial charge in [0, 0.05) is 0 Å². The summed E-state index contributed by atoms with van der Waals surface area (Å²) in [6.07, 6.45) is 6.71. The molecule has 1 saturated heterocycles. The molecule has 0 aromatic heterocycles. The lowest BCUT2D eigenvalue weighted by Gasteiger charge is -2.19. The highest BCUT2D eigenvalue weighted by Gasteiger charge is 2.55. The van der Waals surface area contributed by atoms with Crippen LogP contribution < -0.4 is 0 Å². The normalized spacial score (nSPS) is 33.4. The summed E-state index contributed by atoms with van der Waals surface area (Å²) in [6.45, 7) is 1.63. The molecule has 1 aliphatic heterocycles. The molecule has 2 unspecified atom stereocenters. The summed E-state index contributed by atoms with van der Waals surface area (Å²) in [6, 6.07) is 0. The maximum absolute atomic E-state index is 11.5. The summed E-state index contributed by atoms with van der Waals surface area (Å²) in [5, 5.41) is 0. The van der Waals surface area contributed by atoms with Gasteiger partial charge >= 0.3 is 11.9 Å². The van der Waals surface area contributed by atoms with Crippen molar-refractivity contribution in [2.45, 2.75) is 6.92 Å². The zero-order chi connectivity index (χ0) is 10.2. The maximum Gasteiger partial charge on any atom is 0.337 e. The Bertz CT molecular complexity index is 420. The Kier molecular flexibility index (Phi) is 1.78. The topological polar surface area (TPSA) is 43.4 Å². The van der Waals surface area contributed by atoms with Crippen LogP contribution in [0, 0.1) is 23.2 Å². The molecule has 2 atom stereocenters. The van der Waals surface area contributed by atoms with Crippen molar-refractivity contribution in [3.63, 3.8) is 0 Å². The van der Waals surface area contributed by atoms with Gasteiger partial charge in [0.25, 0.3) is 0 Å². The molecule has 3 heteroatoms. The van der Waals surface area contributed by atoms with Gasteiger partial charge < -0.3 is 4.74 Å². The molecular weight excluding hydrogens is 180 g/mol. The average molecular weight is 188 g/mol. The monoisotopic (exact) mass is 188 g/mol. The number of carbonyl (C=O) groups excluding carboxylic acids is 2. The minimum atomic E-state index is -1.07. The molecule has 1 heterocycles. The fourth-order valence-corrected chi connectivity index (χ4v) is 1.71. The van der Waals surface area contributed by atoms with Crippen LogP contribution in [-0.4, -0.2) is 11.9 Å². The van der Waals surface area contributed by atoms with Gasteiger partial charge in [0.2, 0.25) is 0 Å². The van der Waals surface area contributed by atoms with Crippen molar-refractivity contribution in [3.05, 3.63) is 24.3 Å². The summed E-state index contributed by atoms with van der Waals surface area (Å²) >= 11 is 0. The number of fused-ring (bicyclic) bond motifs is 1. The summed E-state index contributed by atoms with van der Waals surface area (Å²) in [7, 11) is 0. The van der Waals surface area contributed by atoms with Gasteiger partial charge in [0.1, 0.15) is 5.92 Å². The predicted molar refractivity (Wildman–Crippen MR) is 48.8 cm³/mol. The molecule has 0 radical (unpaired) electrons. The molecule has 0 saturated carbocycles. The molecule has 2 aliphatic rings. The van der Waals surface area contributed by atoms with E-state index in [-0.39, 0.29) is 0 Å². The second kappa shape index (κ2) is 2.85. The number of hydrogen-bond acceptors (Lipinski definition) is 3. The first kappa shape index (κ1) is 8.76. The minimum Gasteiger partial charge on any atom is -0.391 e. The second-order valence-corrected chi connectivity index (χ2v) is 3.17. The van der Waals surface area contributed by atoms with Crippen LogP contribution in [0.1, 0.15) is 6.92 Å². The van der Waals surface area contributed by atoms with Crippen molar-refractivity contribution in [2.75, 3.05) is 0 Å².